The van der Waals surface area contributed by atoms with Gasteiger partial charge < -0.3 is 10.4 Å². The van der Waals surface area contributed by atoms with Crippen molar-refractivity contribution in [3.05, 3.63) is 29.8 Å². The minimum Gasteiger partial charge on any atom is -0.508 e. The first-order valence-electron chi connectivity index (χ1n) is 6.14. The molecule has 1 aromatic carbocycles. The fraction of sp³-hybridized carbons (Fsp3) is 0.429. The predicted octanol–water partition coefficient (Wildman–Crippen LogP) is 2.13. The van der Waals surface area contributed by atoms with Gasteiger partial charge in [-0.2, -0.15) is 0 Å². The van der Waals surface area contributed by atoms with Gasteiger partial charge in [-0.05, 0) is 30.7 Å². The van der Waals surface area contributed by atoms with E-state index in [1.165, 1.54) is 12.1 Å². The van der Waals surface area contributed by atoms with Crippen LogP contribution < -0.4 is 5.32 Å². The Bertz CT molecular complexity index is 412. The van der Waals surface area contributed by atoms with E-state index in [2.05, 4.69) is 5.32 Å². The summed E-state index contributed by atoms with van der Waals surface area (Å²) in [6.07, 6.45) is 1.18. The standard InChI is InChI=1S/C14H19NO3/c1-3-10(2)13(17)8-9-15-14(18)11-4-6-12(16)7-5-11/h4-7,10,16H,3,8-9H2,1-2H3,(H,15,18). The summed E-state index contributed by atoms with van der Waals surface area (Å²) in [6, 6.07) is 6.00. The Kier molecular flexibility index (Phi) is 5.36. The third-order valence-electron chi connectivity index (χ3n) is 2.95. The maximum absolute atomic E-state index is 11.7. The van der Waals surface area contributed by atoms with Crippen LogP contribution in [0.3, 0.4) is 0 Å². The second-order valence-corrected chi connectivity index (χ2v) is 4.33. The topological polar surface area (TPSA) is 66.4 Å². The summed E-state index contributed by atoms with van der Waals surface area (Å²) in [7, 11) is 0. The molecule has 1 amide bonds. The molecule has 2 N–H and O–H groups in total. The number of hydrogen-bond acceptors (Lipinski definition) is 3. The molecular weight excluding hydrogens is 230 g/mol. The maximum Gasteiger partial charge on any atom is 0.251 e. The molecule has 0 aliphatic rings. The largest absolute Gasteiger partial charge is 0.508 e. The Morgan fingerprint density at radius 3 is 2.44 bits per heavy atom. The third kappa shape index (κ3) is 4.20. The normalized spacial score (nSPS) is 11.9. The Balaban J connectivity index is 2.38. The van der Waals surface area contributed by atoms with Gasteiger partial charge in [-0.15, -0.1) is 0 Å². The highest BCUT2D eigenvalue weighted by Gasteiger charge is 2.11. The van der Waals surface area contributed by atoms with Crippen LogP contribution in [0.5, 0.6) is 5.75 Å². The van der Waals surface area contributed by atoms with E-state index in [4.69, 9.17) is 5.11 Å². The van der Waals surface area contributed by atoms with Crippen molar-refractivity contribution in [3.8, 4) is 5.75 Å². The summed E-state index contributed by atoms with van der Waals surface area (Å²) in [5.41, 5.74) is 0.476. The van der Waals surface area contributed by atoms with Crippen LogP contribution in [0.4, 0.5) is 0 Å². The lowest BCUT2D eigenvalue weighted by Crippen LogP contribution is -2.27. The molecule has 98 valence electrons. The number of Topliss-reactive ketones (excluding diaryl/α,β-unsaturated/α-hetero) is 1. The molecule has 0 heterocycles. The molecule has 1 atom stereocenters. The van der Waals surface area contributed by atoms with Gasteiger partial charge in [0.1, 0.15) is 11.5 Å². The number of rotatable bonds is 6. The zero-order valence-electron chi connectivity index (χ0n) is 10.8. The van der Waals surface area contributed by atoms with Gasteiger partial charge in [-0.1, -0.05) is 13.8 Å². The number of benzene rings is 1. The highest BCUT2D eigenvalue weighted by Crippen LogP contribution is 2.09. The molecule has 0 saturated carbocycles. The summed E-state index contributed by atoms with van der Waals surface area (Å²) >= 11 is 0. The number of phenolic OH excluding ortho intramolecular Hbond substituents is 1. The first-order valence-corrected chi connectivity index (χ1v) is 6.14. The average molecular weight is 249 g/mol. The Morgan fingerprint density at radius 2 is 1.89 bits per heavy atom. The van der Waals surface area contributed by atoms with Gasteiger partial charge in [-0.25, -0.2) is 0 Å². The van der Waals surface area contributed by atoms with Crippen LogP contribution in [-0.4, -0.2) is 23.3 Å². The molecular formula is C14H19NO3. The number of carbonyl (C=O) groups excluding carboxylic acids is 2. The van der Waals surface area contributed by atoms with E-state index >= 15 is 0 Å². The van der Waals surface area contributed by atoms with Crippen molar-refractivity contribution in [2.24, 2.45) is 5.92 Å². The van der Waals surface area contributed by atoms with E-state index in [1.54, 1.807) is 12.1 Å². The first-order chi connectivity index (χ1) is 8.54. The number of carbonyl (C=O) groups is 2. The first kappa shape index (κ1) is 14.2. The van der Waals surface area contributed by atoms with Crippen molar-refractivity contribution in [1.82, 2.24) is 5.32 Å². The van der Waals surface area contributed by atoms with E-state index < -0.39 is 0 Å². The third-order valence-corrected chi connectivity index (χ3v) is 2.95. The van der Waals surface area contributed by atoms with Crippen LogP contribution in [0.1, 0.15) is 37.0 Å². The Labute approximate surface area is 107 Å². The molecule has 1 unspecified atom stereocenters. The van der Waals surface area contributed by atoms with Crippen molar-refractivity contribution in [2.75, 3.05) is 6.54 Å². The van der Waals surface area contributed by atoms with E-state index in [-0.39, 0.29) is 23.4 Å². The van der Waals surface area contributed by atoms with Gasteiger partial charge in [0.05, 0.1) is 0 Å². The van der Waals surface area contributed by atoms with Gasteiger partial charge in [0, 0.05) is 24.4 Å². The van der Waals surface area contributed by atoms with Crippen LogP contribution in [0.15, 0.2) is 24.3 Å². The number of ketones is 1. The van der Waals surface area contributed by atoms with Crippen LogP contribution in [0.25, 0.3) is 0 Å². The number of nitrogens with one attached hydrogen (secondary N) is 1. The molecule has 0 radical (unpaired) electrons. The smallest absolute Gasteiger partial charge is 0.251 e. The average Bonchev–Trinajstić information content (AvgIpc) is 2.38. The number of phenols is 1. The second-order valence-electron chi connectivity index (χ2n) is 4.33. The lowest BCUT2D eigenvalue weighted by Gasteiger charge is -2.08. The monoisotopic (exact) mass is 249 g/mol. The Hall–Kier alpha value is -1.84. The number of aromatic hydroxyl groups is 1. The Morgan fingerprint density at radius 1 is 1.28 bits per heavy atom. The van der Waals surface area contributed by atoms with E-state index in [0.717, 1.165) is 6.42 Å². The van der Waals surface area contributed by atoms with Gasteiger partial charge in [0.15, 0.2) is 0 Å². The van der Waals surface area contributed by atoms with Gasteiger partial charge in [0.25, 0.3) is 5.91 Å². The zero-order chi connectivity index (χ0) is 13.5. The summed E-state index contributed by atoms with van der Waals surface area (Å²) in [5.74, 6) is 0.115. The van der Waals surface area contributed by atoms with Crippen molar-refractivity contribution < 1.29 is 14.7 Å². The lowest BCUT2D eigenvalue weighted by molar-refractivity contribution is -0.122. The summed E-state index contributed by atoms with van der Waals surface area (Å²) in [4.78, 5) is 23.2. The van der Waals surface area contributed by atoms with E-state index in [1.807, 2.05) is 13.8 Å². The molecule has 0 saturated heterocycles. The minimum atomic E-state index is -0.230. The van der Waals surface area contributed by atoms with Crippen LogP contribution in [0.2, 0.25) is 0 Å². The highest BCUT2D eigenvalue weighted by atomic mass is 16.3. The fourth-order valence-electron chi connectivity index (χ4n) is 1.49. The van der Waals surface area contributed by atoms with E-state index in [9.17, 15) is 9.59 Å². The highest BCUT2D eigenvalue weighted by molar-refractivity contribution is 5.94. The number of hydrogen-bond donors (Lipinski definition) is 2. The molecule has 1 aromatic rings. The van der Waals surface area contributed by atoms with Gasteiger partial charge in [0.2, 0.25) is 0 Å². The molecule has 18 heavy (non-hydrogen) atoms. The van der Waals surface area contributed by atoms with Crippen molar-refractivity contribution in [3.63, 3.8) is 0 Å². The number of amides is 1. The van der Waals surface area contributed by atoms with Gasteiger partial charge >= 0.3 is 0 Å². The van der Waals surface area contributed by atoms with Crippen LogP contribution in [0, 0.1) is 5.92 Å². The molecule has 0 fully saturated rings. The molecule has 4 heteroatoms. The second kappa shape index (κ2) is 6.79. The SMILES string of the molecule is CCC(C)C(=O)CCNC(=O)c1ccc(O)cc1. The summed E-state index contributed by atoms with van der Waals surface area (Å²) in [6.45, 7) is 4.21. The van der Waals surface area contributed by atoms with Crippen molar-refractivity contribution in [2.45, 2.75) is 26.7 Å². The van der Waals surface area contributed by atoms with Gasteiger partial charge in [-0.3, -0.25) is 9.59 Å². The lowest BCUT2D eigenvalue weighted by atomic mass is 10.0. The zero-order valence-corrected chi connectivity index (χ0v) is 10.8. The fourth-order valence-corrected chi connectivity index (χ4v) is 1.49. The van der Waals surface area contributed by atoms with Crippen LogP contribution in [-0.2, 0) is 4.79 Å². The molecule has 0 aromatic heterocycles. The van der Waals surface area contributed by atoms with Crippen molar-refractivity contribution in [1.29, 1.82) is 0 Å². The molecule has 0 spiro atoms. The molecule has 0 aliphatic heterocycles. The molecule has 0 aliphatic carbocycles. The summed E-state index contributed by atoms with van der Waals surface area (Å²) < 4.78 is 0. The molecule has 4 nitrogen and oxygen atoms in total. The molecule has 1 rings (SSSR count). The minimum absolute atomic E-state index is 0.0515. The molecule has 0 bridgehead atoms. The quantitative estimate of drug-likeness (QED) is 0.811. The van der Waals surface area contributed by atoms with Crippen molar-refractivity contribution >= 4 is 11.7 Å². The predicted molar refractivity (Wildman–Crippen MR) is 69.5 cm³/mol. The summed E-state index contributed by atoms with van der Waals surface area (Å²) in [5, 5.41) is 11.8. The van der Waals surface area contributed by atoms with E-state index in [0.29, 0.717) is 18.5 Å². The van der Waals surface area contributed by atoms with Crippen LogP contribution >= 0.6 is 0 Å². The maximum atomic E-state index is 11.7.